The Morgan fingerprint density at radius 2 is 1.89 bits per heavy atom. The average molecular weight is 673 g/mol. The van der Waals surface area contributed by atoms with E-state index in [2.05, 4.69) is 17.5 Å². The number of fused-ring (bicyclic) bond motifs is 2. The summed E-state index contributed by atoms with van der Waals surface area (Å²) in [5.41, 5.74) is 0.436. The molecule has 47 heavy (non-hydrogen) atoms. The van der Waals surface area contributed by atoms with Gasteiger partial charge in [-0.05, 0) is 61.6 Å². The first-order valence-electron chi connectivity index (χ1n) is 16.4. The summed E-state index contributed by atoms with van der Waals surface area (Å²) in [4.78, 5) is 13.2. The fourth-order valence-electron chi connectivity index (χ4n) is 6.34. The highest BCUT2D eigenvalue weighted by Crippen LogP contribution is 2.35. The first-order chi connectivity index (χ1) is 22.6. The maximum atomic E-state index is 14.5. The van der Waals surface area contributed by atoms with E-state index in [4.69, 9.17) is 23.7 Å². The molecule has 3 aliphatic rings. The number of amides is 1. The van der Waals surface area contributed by atoms with Crippen LogP contribution in [-0.4, -0.2) is 88.5 Å². The van der Waals surface area contributed by atoms with Crippen LogP contribution in [-0.2, 0) is 30.7 Å². The molecule has 258 valence electrons. The van der Waals surface area contributed by atoms with Crippen molar-refractivity contribution >= 4 is 16.1 Å². The Labute approximate surface area is 278 Å². The molecule has 2 aromatic carbocycles. The van der Waals surface area contributed by atoms with Gasteiger partial charge in [0.2, 0.25) is 10.0 Å². The van der Waals surface area contributed by atoms with E-state index in [1.165, 1.54) is 17.5 Å². The fraction of sp³-hybridized carbons (Fsp3) is 0.571. The van der Waals surface area contributed by atoms with E-state index in [0.717, 1.165) is 37.7 Å². The number of alkyl carbamates (subject to hydrolysis) is 1. The topological polar surface area (TPSA) is 133 Å². The minimum atomic E-state index is -4.19. The number of sulfonamides is 1. The van der Waals surface area contributed by atoms with Crippen LogP contribution >= 0.6 is 0 Å². The standard InChI is InChI=1S/C35H48N2O9S/c1-35(2)17-10-5-4-6-11-18-43-30-21-26(42-3)14-15-32(30)47(40,41)37(24-35)22-29(38)28(20-25-12-8-7-9-13-25)36-34(39)46-31-23-45-33-27(31)16-19-44-33/h4-5,7-9,12-15,21,27-29,31,33,38H,6,10-11,16-20,22-24H2,1-3H3,(H,36,39)/b5-4-/t27-,28-,29+,31-,33+/m0/s1. The molecular formula is C35H48N2O9S. The van der Waals surface area contributed by atoms with Gasteiger partial charge in [-0.3, -0.25) is 0 Å². The molecule has 2 N–H and O–H groups in total. The van der Waals surface area contributed by atoms with Crippen molar-refractivity contribution in [2.24, 2.45) is 11.3 Å². The predicted octanol–water partition coefficient (Wildman–Crippen LogP) is 4.68. The molecular weight excluding hydrogens is 624 g/mol. The van der Waals surface area contributed by atoms with E-state index in [0.29, 0.717) is 19.0 Å². The third-order valence-electron chi connectivity index (χ3n) is 9.00. The summed E-state index contributed by atoms with van der Waals surface area (Å²) in [5, 5.41) is 14.7. The minimum absolute atomic E-state index is 0.00421. The van der Waals surface area contributed by atoms with Crippen LogP contribution in [0.4, 0.5) is 4.79 Å². The van der Waals surface area contributed by atoms with Crippen LogP contribution in [0, 0.1) is 11.3 Å². The number of hydrogen-bond donors (Lipinski definition) is 2. The van der Waals surface area contributed by atoms with Gasteiger partial charge in [-0.2, -0.15) is 4.31 Å². The zero-order valence-electron chi connectivity index (χ0n) is 27.5. The third-order valence-corrected chi connectivity index (χ3v) is 10.9. The largest absolute Gasteiger partial charge is 0.497 e. The second kappa shape index (κ2) is 15.8. The van der Waals surface area contributed by atoms with Crippen molar-refractivity contribution in [2.45, 2.75) is 81.8 Å². The highest BCUT2D eigenvalue weighted by atomic mass is 32.2. The molecule has 2 fully saturated rings. The number of β-amino-alcohol motifs (C(OH)–C–C–N with tert-alkyl or cyclic N) is 1. The Kier molecular flexibility index (Phi) is 11.8. The zero-order chi connectivity index (χ0) is 33.4. The number of benzene rings is 2. The van der Waals surface area contributed by atoms with Gasteiger partial charge in [0.05, 0.1) is 45.0 Å². The second-order valence-electron chi connectivity index (χ2n) is 13.3. The van der Waals surface area contributed by atoms with E-state index in [-0.39, 0.29) is 49.0 Å². The number of ether oxygens (including phenoxy) is 5. The van der Waals surface area contributed by atoms with Crippen molar-refractivity contribution in [3.63, 3.8) is 0 Å². The predicted molar refractivity (Wildman–Crippen MR) is 176 cm³/mol. The summed E-state index contributed by atoms with van der Waals surface area (Å²) in [6, 6.07) is 13.2. The highest BCUT2D eigenvalue weighted by Gasteiger charge is 2.44. The Bertz CT molecular complexity index is 1470. The molecule has 11 nitrogen and oxygen atoms in total. The van der Waals surface area contributed by atoms with Gasteiger partial charge < -0.3 is 34.1 Å². The summed E-state index contributed by atoms with van der Waals surface area (Å²) in [6.07, 6.45) is 5.50. The number of rotatable bonds is 8. The maximum absolute atomic E-state index is 14.5. The molecule has 3 heterocycles. The smallest absolute Gasteiger partial charge is 0.407 e. The van der Waals surface area contributed by atoms with Gasteiger partial charge in [0.15, 0.2) is 6.29 Å². The maximum Gasteiger partial charge on any atom is 0.407 e. The van der Waals surface area contributed by atoms with Gasteiger partial charge in [0.25, 0.3) is 0 Å². The Morgan fingerprint density at radius 3 is 2.68 bits per heavy atom. The molecule has 1 amide bonds. The summed E-state index contributed by atoms with van der Waals surface area (Å²) in [5.74, 6) is 0.621. The molecule has 0 bridgehead atoms. The Morgan fingerprint density at radius 1 is 1.11 bits per heavy atom. The van der Waals surface area contributed by atoms with Crippen LogP contribution in [0.15, 0.2) is 65.6 Å². The fourth-order valence-corrected chi connectivity index (χ4v) is 8.09. The van der Waals surface area contributed by atoms with Crippen molar-refractivity contribution in [3.8, 4) is 11.5 Å². The first-order valence-corrected chi connectivity index (χ1v) is 17.9. The number of aliphatic hydroxyl groups excluding tert-OH is 1. The Balaban J connectivity index is 1.42. The van der Waals surface area contributed by atoms with Crippen LogP contribution < -0.4 is 14.8 Å². The van der Waals surface area contributed by atoms with Crippen molar-refractivity contribution in [3.05, 3.63) is 66.2 Å². The van der Waals surface area contributed by atoms with Crippen LogP contribution in [0.1, 0.15) is 51.5 Å². The molecule has 0 aliphatic carbocycles. The zero-order valence-corrected chi connectivity index (χ0v) is 28.3. The van der Waals surface area contributed by atoms with Crippen molar-refractivity contribution < 1.29 is 42.0 Å². The van der Waals surface area contributed by atoms with Crippen molar-refractivity contribution in [1.82, 2.24) is 9.62 Å². The highest BCUT2D eigenvalue weighted by molar-refractivity contribution is 7.89. The van der Waals surface area contributed by atoms with Crippen molar-refractivity contribution in [1.29, 1.82) is 0 Å². The van der Waals surface area contributed by atoms with Crippen LogP contribution in [0.25, 0.3) is 0 Å². The van der Waals surface area contributed by atoms with Gasteiger partial charge in [-0.1, -0.05) is 56.3 Å². The van der Waals surface area contributed by atoms with Gasteiger partial charge in [0, 0.05) is 19.2 Å². The normalized spacial score (nSPS) is 26.4. The van der Waals surface area contributed by atoms with Crippen LogP contribution in [0.5, 0.6) is 11.5 Å². The number of methoxy groups -OCH3 is 1. The average Bonchev–Trinajstić information content (AvgIpc) is 3.66. The number of carbonyl (C=O) groups excluding carboxylic acids is 1. The Hall–Kier alpha value is -3.16. The number of allylic oxidation sites excluding steroid dienone is 2. The number of nitrogens with one attached hydrogen (secondary N) is 1. The van der Waals surface area contributed by atoms with E-state index >= 15 is 0 Å². The molecule has 0 aromatic heterocycles. The molecule has 2 saturated heterocycles. The molecule has 2 aromatic rings. The molecule has 5 rings (SSSR count). The molecule has 5 atom stereocenters. The number of carbonyl (C=O) groups is 1. The molecule has 0 radical (unpaired) electrons. The van der Waals surface area contributed by atoms with Gasteiger partial charge in [0.1, 0.15) is 22.5 Å². The van der Waals surface area contributed by atoms with Crippen LogP contribution in [0.3, 0.4) is 0 Å². The lowest BCUT2D eigenvalue weighted by Crippen LogP contribution is -2.52. The third kappa shape index (κ3) is 9.26. The van der Waals surface area contributed by atoms with Gasteiger partial charge in [-0.15, -0.1) is 0 Å². The van der Waals surface area contributed by atoms with E-state index in [1.54, 1.807) is 12.1 Å². The lowest BCUT2D eigenvalue weighted by Gasteiger charge is -2.35. The van der Waals surface area contributed by atoms with E-state index in [9.17, 15) is 18.3 Å². The summed E-state index contributed by atoms with van der Waals surface area (Å²) < 4.78 is 58.6. The first kappa shape index (κ1) is 35.2. The van der Waals surface area contributed by atoms with Crippen LogP contribution in [0.2, 0.25) is 0 Å². The monoisotopic (exact) mass is 672 g/mol. The van der Waals surface area contributed by atoms with E-state index in [1.807, 2.05) is 44.2 Å². The summed E-state index contributed by atoms with van der Waals surface area (Å²) >= 11 is 0. The van der Waals surface area contributed by atoms with E-state index < -0.39 is 39.8 Å². The lowest BCUT2D eigenvalue weighted by atomic mass is 9.87. The summed E-state index contributed by atoms with van der Waals surface area (Å²) in [7, 11) is -2.67. The molecule has 12 heteroatoms. The molecule has 0 unspecified atom stereocenters. The SMILES string of the molecule is COc1ccc2c(c1)OCCC/C=C\CCC(C)(C)CN(C[C@@H](O)[C@H](Cc1ccccc1)NC(=O)O[C@H]1CO[C@H]3OCC[C@H]31)S2(=O)=O. The molecule has 0 spiro atoms. The summed E-state index contributed by atoms with van der Waals surface area (Å²) in [6.45, 7) is 5.02. The molecule has 0 saturated carbocycles. The minimum Gasteiger partial charge on any atom is -0.497 e. The number of hydrogen-bond acceptors (Lipinski definition) is 9. The quantitative estimate of drug-likeness (QED) is 0.384. The van der Waals surface area contributed by atoms with Gasteiger partial charge >= 0.3 is 6.09 Å². The number of aliphatic hydroxyl groups is 1. The number of nitrogens with zero attached hydrogens (tertiary/aromatic N) is 1. The second-order valence-corrected chi connectivity index (χ2v) is 15.2. The van der Waals surface area contributed by atoms with Gasteiger partial charge in [-0.25, -0.2) is 13.2 Å². The van der Waals surface area contributed by atoms with Crippen molar-refractivity contribution in [2.75, 3.05) is 40.0 Å². The lowest BCUT2D eigenvalue weighted by molar-refractivity contribution is -0.0907. The molecule has 3 aliphatic heterocycles.